The maximum atomic E-state index is 10.8. The molecule has 0 aliphatic rings. The van der Waals surface area contributed by atoms with Crippen LogP contribution in [0.4, 0.5) is 0 Å². The van der Waals surface area contributed by atoms with E-state index in [0.717, 1.165) is 16.7 Å². The van der Waals surface area contributed by atoms with Crippen molar-refractivity contribution in [1.29, 1.82) is 0 Å². The van der Waals surface area contributed by atoms with Crippen LogP contribution in [-0.2, 0) is 11.3 Å². The number of aromatic nitrogens is 1. The number of rotatable bonds is 6. The third kappa shape index (κ3) is 2.85. The van der Waals surface area contributed by atoms with Gasteiger partial charge in [-0.1, -0.05) is 6.07 Å². The molecule has 96 valence electrons. The van der Waals surface area contributed by atoms with Crippen LogP contribution in [-0.4, -0.2) is 35.7 Å². The fourth-order valence-corrected chi connectivity index (χ4v) is 1.68. The van der Waals surface area contributed by atoms with Gasteiger partial charge in [0.1, 0.15) is 11.6 Å². The molecule has 3 N–H and O–H groups in total. The van der Waals surface area contributed by atoms with Gasteiger partial charge in [-0.15, -0.1) is 0 Å². The van der Waals surface area contributed by atoms with Crippen LogP contribution >= 0.6 is 0 Å². The van der Waals surface area contributed by atoms with Gasteiger partial charge in [-0.2, -0.15) is 0 Å². The predicted molar refractivity (Wildman–Crippen MR) is 66.2 cm³/mol. The lowest BCUT2D eigenvalue weighted by atomic mass is 10.2. The molecular weight excluding hydrogens is 234 g/mol. The summed E-state index contributed by atoms with van der Waals surface area (Å²) in [7, 11) is 1.63. The monoisotopic (exact) mass is 249 g/mol. The number of carboxylic acid groups (broad SMARTS) is 1. The summed E-state index contributed by atoms with van der Waals surface area (Å²) in [5.41, 5.74) is 2.58. The summed E-state index contributed by atoms with van der Waals surface area (Å²) >= 11 is 0. The first-order chi connectivity index (χ1) is 8.70. The Morgan fingerprint density at radius 1 is 1.56 bits per heavy atom. The highest BCUT2D eigenvalue weighted by molar-refractivity contribution is 5.74. The number of nitrogens with one attached hydrogen (secondary N) is 2. The molecule has 0 fully saturated rings. The van der Waals surface area contributed by atoms with Crippen molar-refractivity contribution in [2.75, 3.05) is 13.6 Å². The van der Waals surface area contributed by atoms with Crippen LogP contribution in [0.3, 0.4) is 0 Å². The number of nitrogens with zero attached hydrogens (tertiary/aromatic N) is 1. The number of benzene rings is 1. The van der Waals surface area contributed by atoms with Crippen LogP contribution in [0.15, 0.2) is 29.0 Å². The Morgan fingerprint density at radius 2 is 2.39 bits per heavy atom. The van der Waals surface area contributed by atoms with Crippen LogP contribution < -0.4 is 10.6 Å². The predicted octanol–water partition coefficient (Wildman–Crippen LogP) is 0.590. The van der Waals surface area contributed by atoms with Gasteiger partial charge >= 0.3 is 5.97 Å². The lowest BCUT2D eigenvalue weighted by Crippen LogP contribution is -2.42. The van der Waals surface area contributed by atoms with Gasteiger partial charge in [0.2, 0.25) is 0 Å². The van der Waals surface area contributed by atoms with Crippen molar-refractivity contribution >= 4 is 17.1 Å². The molecule has 0 spiro atoms. The van der Waals surface area contributed by atoms with Crippen molar-refractivity contribution in [1.82, 2.24) is 15.6 Å². The zero-order chi connectivity index (χ0) is 13.0. The highest BCUT2D eigenvalue weighted by Gasteiger charge is 2.13. The first kappa shape index (κ1) is 12.5. The topological polar surface area (TPSA) is 87.4 Å². The summed E-state index contributed by atoms with van der Waals surface area (Å²) in [5, 5.41) is 14.7. The molecule has 6 nitrogen and oxygen atoms in total. The van der Waals surface area contributed by atoms with E-state index < -0.39 is 12.0 Å². The van der Waals surface area contributed by atoms with Crippen molar-refractivity contribution in [2.24, 2.45) is 0 Å². The van der Waals surface area contributed by atoms with Gasteiger partial charge in [0, 0.05) is 13.1 Å². The molecule has 1 unspecified atom stereocenters. The quantitative estimate of drug-likeness (QED) is 0.694. The summed E-state index contributed by atoms with van der Waals surface area (Å²) in [4.78, 5) is 14.8. The maximum absolute atomic E-state index is 10.8. The van der Waals surface area contributed by atoms with E-state index in [1.807, 2.05) is 18.2 Å². The molecule has 0 saturated heterocycles. The van der Waals surface area contributed by atoms with Crippen molar-refractivity contribution in [3.63, 3.8) is 0 Å². The summed E-state index contributed by atoms with van der Waals surface area (Å²) < 4.78 is 5.20. The summed E-state index contributed by atoms with van der Waals surface area (Å²) in [6.45, 7) is 0.947. The lowest BCUT2D eigenvalue weighted by Gasteiger charge is -2.12. The van der Waals surface area contributed by atoms with Gasteiger partial charge < -0.3 is 20.2 Å². The summed E-state index contributed by atoms with van der Waals surface area (Å²) in [6.07, 6.45) is 1.41. The van der Waals surface area contributed by atoms with Crippen LogP contribution in [0, 0.1) is 0 Å². The van der Waals surface area contributed by atoms with Gasteiger partial charge in [0.05, 0.1) is 0 Å². The second-order valence-electron chi connectivity index (χ2n) is 3.96. The molecule has 0 amide bonds. The number of likely N-dealkylation sites (N-methyl/N-ethyl adjacent to an activating group) is 1. The van der Waals surface area contributed by atoms with Crippen molar-refractivity contribution < 1.29 is 14.3 Å². The zero-order valence-electron chi connectivity index (χ0n) is 10.0. The molecule has 2 aromatic rings. The molecule has 0 radical (unpaired) electrons. The minimum absolute atomic E-state index is 0.361. The molecule has 6 heteroatoms. The average Bonchev–Trinajstić information content (AvgIpc) is 2.81. The first-order valence-electron chi connectivity index (χ1n) is 5.63. The smallest absolute Gasteiger partial charge is 0.322 e. The van der Waals surface area contributed by atoms with Crippen molar-refractivity contribution in [3.8, 4) is 0 Å². The number of oxazole rings is 1. The van der Waals surface area contributed by atoms with Crippen LogP contribution in [0.2, 0.25) is 0 Å². The van der Waals surface area contributed by atoms with Crippen molar-refractivity contribution in [2.45, 2.75) is 12.6 Å². The number of carbonyl (C=O) groups is 1. The van der Waals surface area contributed by atoms with Crippen LogP contribution in [0.5, 0.6) is 0 Å². The van der Waals surface area contributed by atoms with Gasteiger partial charge in [-0.25, -0.2) is 4.98 Å². The Hall–Kier alpha value is -1.92. The van der Waals surface area contributed by atoms with E-state index in [4.69, 9.17) is 9.52 Å². The van der Waals surface area contributed by atoms with Gasteiger partial charge in [-0.05, 0) is 24.7 Å². The third-order valence-corrected chi connectivity index (χ3v) is 2.72. The second-order valence-corrected chi connectivity index (χ2v) is 3.96. The maximum Gasteiger partial charge on any atom is 0.322 e. The van der Waals surface area contributed by atoms with E-state index >= 15 is 0 Å². The minimum Gasteiger partial charge on any atom is -0.480 e. The molecule has 0 saturated carbocycles. The average molecular weight is 249 g/mol. The molecule has 1 heterocycles. The van der Waals surface area contributed by atoms with E-state index in [9.17, 15) is 4.79 Å². The van der Waals surface area contributed by atoms with E-state index in [-0.39, 0.29) is 0 Å². The third-order valence-electron chi connectivity index (χ3n) is 2.72. The standard InChI is InChI=1S/C12H15N3O3/c1-13-10(12(16)17)6-14-5-8-2-3-9-11(4-8)18-7-15-9/h2-4,7,10,13-14H,5-6H2,1H3,(H,16,17). The summed E-state index contributed by atoms with van der Waals surface area (Å²) in [5.74, 6) is -0.865. The second kappa shape index (κ2) is 5.61. The van der Waals surface area contributed by atoms with E-state index in [1.54, 1.807) is 7.05 Å². The molecule has 18 heavy (non-hydrogen) atoms. The number of hydrogen-bond acceptors (Lipinski definition) is 5. The Morgan fingerprint density at radius 3 is 3.11 bits per heavy atom. The molecule has 1 atom stereocenters. The van der Waals surface area contributed by atoms with Gasteiger partial charge in [-0.3, -0.25) is 4.79 Å². The number of fused-ring (bicyclic) bond motifs is 1. The van der Waals surface area contributed by atoms with Crippen LogP contribution in [0.25, 0.3) is 11.1 Å². The Bertz CT molecular complexity index is 538. The Labute approximate surface area is 104 Å². The molecule has 0 bridgehead atoms. The Kier molecular flexibility index (Phi) is 3.91. The number of aliphatic carboxylic acids is 1. The van der Waals surface area contributed by atoms with E-state index in [1.165, 1.54) is 6.39 Å². The van der Waals surface area contributed by atoms with Crippen molar-refractivity contribution in [3.05, 3.63) is 30.2 Å². The summed E-state index contributed by atoms with van der Waals surface area (Å²) in [6, 6.07) is 5.12. The molecule has 1 aromatic carbocycles. The molecular formula is C12H15N3O3. The lowest BCUT2D eigenvalue weighted by molar-refractivity contribution is -0.139. The molecule has 0 aliphatic heterocycles. The number of carboxylic acids is 1. The highest BCUT2D eigenvalue weighted by atomic mass is 16.4. The zero-order valence-corrected chi connectivity index (χ0v) is 10.0. The molecule has 2 rings (SSSR count). The largest absolute Gasteiger partial charge is 0.480 e. The minimum atomic E-state index is -0.865. The fourth-order valence-electron chi connectivity index (χ4n) is 1.68. The SMILES string of the molecule is CNC(CNCc1ccc2ncoc2c1)C(=O)O. The highest BCUT2D eigenvalue weighted by Crippen LogP contribution is 2.13. The normalized spacial score (nSPS) is 12.7. The Balaban J connectivity index is 1.91. The number of hydrogen-bond donors (Lipinski definition) is 3. The first-order valence-corrected chi connectivity index (χ1v) is 5.63. The van der Waals surface area contributed by atoms with Gasteiger partial charge in [0.25, 0.3) is 0 Å². The van der Waals surface area contributed by atoms with Gasteiger partial charge in [0.15, 0.2) is 12.0 Å². The van der Waals surface area contributed by atoms with E-state index in [0.29, 0.717) is 13.1 Å². The molecule has 0 aliphatic carbocycles. The fraction of sp³-hybridized carbons (Fsp3) is 0.333. The van der Waals surface area contributed by atoms with E-state index in [2.05, 4.69) is 15.6 Å². The molecule has 1 aromatic heterocycles. The van der Waals surface area contributed by atoms with Crippen LogP contribution in [0.1, 0.15) is 5.56 Å².